The number of aromatic nitrogens is 4. The largest absolute Gasteiger partial charge is 0.433 e. The highest BCUT2D eigenvalue weighted by Gasteiger charge is 2.37. The molecule has 0 aliphatic carbocycles. The van der Waals surface area contributed by atoms with Crippen molar-refractivity contribution < 1.29 is 22.7 Å². The summed E-state index contributed by atoms with van der Waals surface area (Å²) >= 11 is 0. The Balaban J connectivity index is 1.52. The van der Waals surface area contributed by atoms with Crippen molar-refractivity contribution in [3.63, 3.8) is 0 Å². The van der Waals surface area contributed by atoms with Crippen LogP contribution in [0.3, 0.4) is 0 Å². The number of rotatable bonds is 2. The Labute approximate surface area is 185 Å². The molecular formula is C22H19F3N6O2. The van der Waals surface area contributed by atoms with E-state index in [1.54, 1.807) is 49.1 Å². The summed E-state index contributed by atoms with van der Waals surface area (Å²) in [6.07, 6.45) is -2.01. The quantitative estimate of drug-likeness (QED) is 0.493. The van der Waals surface area contributed by atoms with E-state index in [4.69, 9.17) is 10.5 Å². The first-order valence-electron chi connectivity index (χ1n) is 10.1. The summed E-state index contributed by atoms with van der Waals surface area (Å²) < 4.78 is 46.8. The lowest BCUT2D eigenvalue weighted by Crippen LogP contribution is -2.37. The van der Waals surface area contributed by atoms with Crippen LogP contribution >= 0.6 is 0 Å². The molecule has 0 unspecified atom stereocenters. The maximum Gasteiger partial charge on any atom is 0.433 e. The number of hydrogen-bond acceptors (Lipinski definition) is 6. The van der Waals surface area contributed by atoms with Gasteiger partial charge in [-0.2, -0.15) is 13.2 Å². The number of amides is 1. The average molecular weight is 456 g/mol. The summed E-state index contributed by atoms with van der Waals surface area (Å²) in [5.74, 6) is 0.00277. The zero-order valence-electron chi connectivity index (χ0n) is 17.7. The monoisotopic (exact) mass is 456 g/mol. The first-order valence-corrected chi connectivity index (χ1v) is 10.1. The lowest BCUT2D eigenvalue weighted by Gasteiger charge is -2.35. The molecule has 0 spiro atoms. The normalized spacial score (nSPS) is 18.5. The third-order valence-corrected chi connectivity index (χ3v) is 5.91. The van der Waals surface area contributed by atoms with Crippen LogP contribution in [0.5, 0.6) is 0 Å². The molecule has 4 heterocycles. The number of nitrogen functional groups attached to an aromatic ring is 1. The Hall–Kier alpha value is -3.73. The third-order valence-electron chi connectivity index (χ3n) is 5.91. The van der Waals surface area contributed by atoms with Crippen molar-refractivity contribution in [1.82, 2.24) is 24.3 Å². The van der Waals surface area contributed by atoms with Crippen molar-refractivity contribution in [3.05, 3.63) is 65.4 Å². The minimum atomic E-state index is -4.56. The van der Waals surface area contributed by atoms with Crippen molar-refractivity contribution in [2.75, 3.05) is 19.4 Å². The Morgan fingerprint density at radius 1 is 1.21 bits per heavy atom. The van der Waals surface area contributed by atoms with E-state index in [9.17, 15) is 18.0 Å². The highest BCUT2D eigenvalue weighted by atomic mass is 19.4. The fraction of sp³-hybridized carbons (Fsp3) is 0.273. The van der Waals surface area contributed by atoms with Gasteiger partial charge in [-0.25, -0.2) is 15.0 Å². The number of likely N-dealkylation sites (N-methyl/N-ethyl adjacent to an activating group) is 1. The summed E-state index contributed by atoms with van der Waals surface area (Å²) in [5.41, 5.74) is 7.94. The second-order valence-electron chi connectivity index (χ2n) is 7.93. The van der Waals surface area contributed by atoms with E-state index in [2.05, 4.69) is 15.0 Å². The summed E-state index contributed by atoms with van der Waals surface area (Å²) in [6.45, 7) is 1.78. The van der Waals surface area contributed by atoms with Gasteiger partial charge in [-0.05, 0) is 31.2 Å². The van der Waals surface area contributed by atoms with Crippen LogP contribution < -0.4 is 5.73 Å². The van der Waals surface area contributed by atoms with Gasteiger partial charge in [-0.15, -0.1) is 0 Å². The molecule has 1 aromatic carbocycles. The van der Waals surface area contributed by atoms with Gasteiger partial charge in [0.25, 0.3) is 5.91 Å². The van der Waals surface area contributed by atoms with E-state index in [-0.39, 0.29) is 18.2 Å². The van der Waals surface area contributed by atoms with Crippen LogP contribution in [-0.2, 0) is 10.9 Å². The van der Waals surface area contributed by atoms with Crippen LogP contribution in [0.15, 0.2) is 42.9 Å². The summed E-state index contributed by atoms with van der Waals surface area (Å²) in [6, 6.07) is 6.73. The first-order chi connectivity index (χ1) is 15.6. The van der Waals surface area contributed by atoms with E-state index in [1.807, 2.05) is 0 Å². The SMILES string of the molecule is C[C@H]1OC[C@@H](N(C)C(=O)c2ccc3nc(N)c4cncn4c3c2)c2ccc(C(F)(F)F)nc21. The van der Waals surface area contributed by atoms with Crippen molar-refractivity contribution in [2.24, 2.45) is 0 Å². The molecule has 1 amide bonds. The molecule has 11 heteroatoms. The van der Waals surface area contributed by atoms with Gasteiger partial charge in [-0.3, -0.25) is 9.20 Å². The Morgan fingerprint density at radius 3 is 2.76 bits per heavy atom. The molecule has 0 saturated heterocycles. The first kappa shape index (κ1) is 21.1. The molecule has 2 atom stereocenters. The van der Waals surface area contributed by atoms with Crippen LogP contribution in [0.2, 0.25) is 0 Å². The fourth-order valence-corrected chi connectivity index (χ4v) is 4.13. The van der Waals surface area contributed by atoms with Crippen molar-refractivity contribution in [2.45, 2.75) is 25.2 Å². The number of alkyl halides is 3. The number of benzene rings is 1. The number of carbonyl (C=O) groups is 1. The van der Waals surface area contributed by atoms with Gasteiger partial charge in [0.05, 0.1) is 48.0 Å². The van der Waals surface area contributed by atoms with Crippen molar-refractivity contribution in [3.8, 4) is 0 Å². The van der Waals surface area contributed by atoms with E-state index < -0.39 is 24.0 Å². The number of nitrogens with two attached hydrogens (primary N) is 1. The van der Waals surface area contributed by atoms with Crippen molar-refractivity contribution in [1.29, 1.82) is 0 Å². The smallest absolute Gasteiger partial charge is 0.382 e. The molecule has 1 aliphatic heterocycles. The van der Waals surface area contributed by atoms with Gasteiger partial charge >= 0.3 is 6.18 Å². The van der Waals surface area contributed by atoms with E-state index >= 15 is 0 Å². The number of anilines is 1. The molecule has 3 aromatic heterocycles. The zero-order valence-corrected chi connectivity index (χ0v) is 17.7. The highest BCUT2D eigenvalue weighted by molar-refractivity contribution is 5.98. The van der Waals surface area contributed by atoms with Gasteiger partial charge in [0.1, 0.15) is 17.0 Å². The van der Waals surface area contributed by atoms with Gasteiger partial charge < -0.3 is 15.4 Å². The Bertz CT molecular complexity index is 1400. The molecule has 0 saturated carbocycles. The second kappa shape index (κ2) is 7.41. The lowest BCUT2D eigenvalue weighted by molar-refractivity contribution is -0.141. The number of halogens is 3. The molecule has 5 rings (SSSR count). The predicted molar refractivity (Wildman–Crippen MR) is 113 cm³/mol. The molecule has 0 bridgehead atoms. The van der Waals surface area contributed by atoms with Crippen LogP contribution in [-0.4, -0.2) is 43.8 Å². The molecule has 33 heavy (non-hydrogen) atoms. The van der Waals surface area contributed by atoms with Crippen LogP contribution in [0.4, 0.5) is 19.0 Å². The molecule has 1 aliphatic rings. The number of pyridine rings is 1. The fourth-order valence-electron chi connectivity index (χ4n) is 4.13. The minimum absolute atomic E-state index is 0.140. The summed E-state index contributed by atoms with van der Waals surface area (Å²) in [7, 11) is 1.59. The lowest BCUT2D eigenvalue weighted by atomic mass is 9.97. The topological polar surface area (TPSA) is 98.6 Å². The molecule has 0 radical (unpaired) electrons. The third kappa shape index (κ3) is 3.44. The second-order valence-corrected chi connectivity index (χ2v) is 7.93. The number of nitrogens with zero attached hydrogens (tertiary/aromatic N) is 5. The molecule has 4 aromatic rings. The van der Waals surface area contributed by atoms with E-state index in [1.165, 1.54) is 11.0 Å². The molecule has 170 valence electrons. The standard InChI is InChI=1S/C22H19F3N6O2/c1-11-19-13(4-6-18(29-19)22(23,24)25)17(9-33-11)30(2)21(32)12-3-5-14-15(7-12)31-10-27-8-16(31)20(26)28-14/h3-8,10-11,17H,9H2,1-2H3,(H2,26,28)/t11-,17-/m1/s1. The van der Waals surface area contributed by atoms with Gasteiger partial charge in [0.2, 0.25) is 0 Å². The van der Waals surface area contributed by atoms with E-state index in [0.717, 1.165) is 6.07 Å². The molecular weight excluding hydrogens is 437 g/mol. The Morgan fingerprint density at radius 2 is 2.00 bits per heavy atom. The number of carbonyl (C=O) groups excluding carboxylic acids is 1. The number of imidazole rings is 1. The maximum atomic E-state index is 13.3. The van der Waals surface area contributed by atoms with Crippen LogP contribution in [0.25, 0.3) is 16.6 Å². The van der Waals surface area contributed by atoms with Crippen LogP contribution in [0.1, 0.15) is 46.4 Å². The molecule has 2 N–H and O–H groups in total. The predicted octanol–water partition coefficient (Wildman–Crippen LogP) is 3.78. The summed E-state index contributed by atoms with van der Waals surface area (Å²) in [5, 5.41) is 0. The molecule has 8 nitrogen and oxygen atoms in total. The minimum Gasteiger partial charge on any atom is -0.382 e. The average Bonchev–Trinajstić information content (AvgIpc) is 3.29. The number of fused-ring (bicyclic) bond motifs is 4. The maximum absolute atomic E-state index is 13.3. The van der Waals surface area contributed by atoms with Crippen LogP contribution in [0, 0.1) is 0 Å². The van der Waals surface area contributed by atoms with Gasteiger partial charge in [-0.1, -0.05) is 6.07 Å². The van der Waals surface area contributed by atoms with E-state index in [0.29, 0.717) is 33.5 Å². The number of ether oxygens (including phenoxy) is 1. The summed E-state index contributed by atoms with van der Waals surface area (Å²) in [4.78, 5) is 27.0. The van der Waals surface area contributed by atoms with Gasteiger partial charge in [0, 0.05) is 18.2 Å². The van der Waals surface area contributed by atoms with Crippen molar-refractivity contribution >= 4 is 28.3 Å². The number of hydrogen-bond donors (Lipinski definition) is 1. The highest BCUT2D eigenvalue weighted by Crippen LogP contribution is 2.37. The Kier molecular flexibility index (Phi) is 4.74. The van der Waals surface area contributed by atoms with Gasteiger partial charge in [0.15, 0.2) is 0 Å². The molecule has 0 fully saturated rings. The zero-order chi connectivity index (χ0) is 23.5.